The van der Waals surface area contributed by atoms with Gasteiger partial charge in [0.1, 0.15) is 0 Å². The molecule has 14 heavy (non-hydrogen) atoms. The number of hydrogen-bond acceptors (Lipinski definition) is 3. The summed E-state index contributed by atoms with van der Waals surface area (Å²) in [6.07, 6.45) is 2.06. The molecule has 0 radical (unpaired) electrons. The minimum Gasteiger partial charge on any atom is -0.346 e. The van der Waals surface area contributed by atoms with Crippen LogP contribution in [0.3, 0.4) is 0 Å². The molecule has 80 valence electrons. The van der Waals surface area contributed by atoms with E-state index in [0.717, 1.165) is 45.7 Å². The van der Waals surface area contributed by atoms with Gasteiger partial charge in [-0.2, -0.15) is 0 Å². The molecular weight excluding hydrogens is 178 g/mol. The molecule has 2 rings (SSSR count). The van der Waals surface area contributed by atoms with Gasteiger partial charge in [-0.05, 0) is 6.42 Å². The largest absolute Gasteiger partial charge is 0.346 e. The van der Waals surface area contributed by atoms with Gasteiger partial charge in [-0.1, -0.05) is 19.1 Å². The van der Waals surface area contributed by atoms with Crippen molar-refractivity contribution in [3.05, 3.63) is 12.2 Å². The van der Waals surface area contributed by atoms with E-state index in [-0.39, 0.29) is 5.79 Å². The van der Waals surface area contributed by atoms with Crippen LogP contribution in [0.25, 0.3) is 0 Å². The van der Waals surface area contributed by atoms with Crippen LogP contribution >= 0.6 is 0 Å². The molecule has 0 atom stereocenters. The third-order valence-corrected chi connectivity index (χ3v) is 3.03. The van der Waals surface area contributed by atoms with Crippen molar-refractivity contribution in [2.45, 2.75) is 25.6 Å². The first kappa shape index (κ1) is 10.1. The van der Waals surface area contributed by atoms with Crippen molar-refractivity contribution >= 4 is 0 Å². The molecule has 3 nitrogen and oxygen atoms in total. The molecular formula is C11H19NO2. The lowest BCUT2D eigenvalue weighted by Crippen LogP contribution is -2.34. The highest BCUT2D eigenvalue weighted by Gasteiger charge is 2.42. The molecule has 2 aliphatic heterocycles. The fourth-order valence-electron chi connectivity index (χ4n) is 2.12. The highest BCUT2D eigenvalue weighted by atomic mass is 16.7. The smallest absolute Gasteiger partial charge is 0.182 e. The van der Waals surface area contributed by atoms with Crippen LogP contribution in [0.2, 0.25) is 0 Å². The Labute approximate surface area is 85.7 Å². The van der Waals surface area contributed by atoms with E-state index < -0.39 is 0 Å². The fourth-order valence-corrected chi connectivity index (χ4v) is 2.12. The molecule has 1 spiro atoms. The van der Waals surface area contributed by atoms with Crippen LogP contribution in [0.5, 0.6) is 0 Å². The third-order valence-electron chi connectivity index (χ3n) is 3.03. The molecule has 3 heteroatoms. The minimum absolute atomic E-state index is 0.270. The highest BCUT2D eigenvalue weighted by molar-refractivity contribution is 4.99. The molecule has 0 aromatic rings. The lowest BCUT2D eigenvalue weighted by molar-refractivity contribution is -0.144. The number of likely N-dealkylation sites (tertiary alicyclic amines) is 1. The molecule has 0 saturated carbocycles. The zero-order chi connectivity index (χ0) is 10.0. The Kier molecular flexibility index (Phi) is 2.91. The van der Waals surface area contributed by atoms with Crippen molar-refractivity contribution < 1.29 is 9.47 Å². The fraction of sp³-hybridized carbons (Fsp3) is 0.818. The van der Waals surface area contributed by atoms with E-state index in [4.69, 9.17) is 9.47 Å². The van der Waals surface area contributed by atoms with Gasteiger partial charge >= 0.3 is 0 Å². The first-order chi connectivity index (χ1) is 6.74. The molecule has 0 bridgehead atoms. The number of hydrogen-bond donors (Lipinski definition) is 0. The van der Waals surface area contributed by atoms with Gasteiger partial charge < -0.3 is 9.47 Å². The summed E-state index contributed by atoms with van der Waals surface area (Å²) in [4.78, 5) is 2.37. The maximum atomic E-state index is 5.65. The molecule has 0 aromatic heterocycles. The number of ether oxygens (including phenoxy) is 2. The summed E-state index contributed by atoms with van der Waals surface area (Å²) in [7, 11) is 0. The van der Waals surface area contributed by atoms with E-state index in [1.807, 2.05) is 0 Å². The average molecular weight is 197 g/mol. The number of rotatable bonds is 3. The van der Waals surface area contributed by atoms with Gasteiger partial charge in [0.15, 0.2) is 5.79 Å². The molecule has 2 fully saturated rings. The Hall–Kier alpha value is -0.380. The van der Waals surface area contributed by atoms with Crippen molar-refractivity contribution in [3.63, 3.8) is 0 Å². The molecule has 0 N–H and O–H groups in total. The van der Waals surface area contributed by atoms with E-state index in [1.165, 1.54) is 5.57 Å². The van der Waals surface area contributed by atoms with Crippen molar-refractivity contribution in [3.8, 4) is 0 Å². The van der Waals surface area contributed by atoms with Crippen LogP contribution in [0.4, 0.5) is 0 Å². The predicted molar refractivity (Wildman–Crippen MR) is 55.1 cm³/mol. The van der Waals surface area contributed by atoms with Gasteiger partial charge in [0.25, 0.3) is 0 Å². The Balaban J connectivity index is 1.85. The van der Waals surface area contributed by atoms with Gasteiger partial charge in [0.05, 0.1) is 19.8 Å². The van der Waals surface area contributed by atoms with Crippen molar-refractivity contribution in [1.82, 2.24) is 4.90 Å². The summed E-state index contributed by atoms with van der Waals surface area (Å²) in [6.45, 7) is 10.7. The number of nitrogens with zero attached hydrogens (tertiary/aromatic N) is 1. The highest BCUT2D eigenvalue weighted by Crippen LogP contribution is 2.30. The van der Waals surface area contributed by atoms with Crippen molar-refractivity contribution in [1.29, 1.82) is 0 Å². The van der Waals surface area contributed by atoms with Gasteiger partial charge in [0, 0.05) is 19.5 Å². The third kappa shape index (κ3) is 2.00. The second-order valence-corrected chi connectivity index (χ2v) is 4.17. The van der Waals surface area contributed by atoms with E-state index in [2.05, 4.69) is 18.4 Å². The van der Waals surface area contributed by atoms with Crippen LogP contribution in [0.1, 0.15) is 19.8 Å². The first-order valence-corrected chi connectivity index (χ1v) is 5.41. The average Bonchev–Trinajstić information content (AvgIpc) is 2.78. The lowest BCUT2D eigenvalue weighted by Gasteiger charge is -2.22. The molecule has 2 saturated heterocycles. The standard InChI is InChI=1S/C11H19NO2/c1-3-10(2)8-12-5-4-11(9-12)13-6-7-14-11/h2-9H2,1H3. The van der Waals surface area contributed by atoms with E-state index in [0.29, 0.717) is 0 Å². The van der Waals surface area contributed by atoms with Gasteiger partial charge in [-0.25, -0.2) is 0 Å². The minimum atomic E-state index is -0.270. The summed E-state index contributed by atoms with van der Waals surface area (Å²) >= 11 is 0. The Morgan fingerprint density at radius 3 is 2.79 bits per heavy atom. The second-order valence-electron chi connectivity index (χ2n) is 4.17. The zero-order valence-electron chi connectivity index (χ0n) is 8.92. The van der Waals surface area contributed by atoms with Crippen LogP contribution < -0.4 is 0 Å². The van der Waals surface area contributed by atoms with Crippen LogP contribution in [0, 0.1) is 0 Å². The van der Waals surface area contributed by atoms with Crippen LogP contribution in [-0.2, 0) is 9.47 Å². The first-order valence-electron chi connectivity index (χ1n) is 5.41. The summed E-state index contributed by atoms with van der Waals surface area (Å²) in [5.41, 5.74) is 1.29. The Morgan fingerprint density at radius 1 is 1.43 bits per heavy atom. The molecule has 0 unspecified atom stereocenters. The van der Waals surface area contributed by atoms with Crippen LogP contribution in [0.15, 0.2) is 12.2 Å². The monoisotopic (exact) mass is 197 g/mol. The lowest BCUT2D eigenvalue weighted by atomic mass is 10.2. The zero-order valence-corrected chi connectivity index (χ0v) is 8.92. The van der Waals surface area contributed by atoms with E-state index >= 15 is 0 Å². The normalized spacial score (nSPS) is 26.1. The van der Waals surface area contributed by atoms with Gasteiger partial charge in [-0.3, -0.25) is 4.90 Å². The van der Waals surface area contributed by atoms with Crippen molar-refractivity contribution in [2.24, 2.45) is 0 Å². The SMILES string of the molecule is C=C(CC)CN1CCC2(C1)OCCO2. The van der Waals surface area contributed by atoms with E-state index in [1.54, 1.807) is 0 Å². The molecule has 0 aromatic carbocycles. The van der Waals surface area contributed by atoms with Crippen molar-refractivity contribution in [2.75, 3.05) is 32.8 Å². The van der Waals surface area contributed by atoms with Gasteiger partial charge in [-0.15, -0.1) is 0 Å². The summed E-state index contributed by atoms with van der Waals surface area (Å²) in [5, 5.41) is 0. The maximum absolute atomic E-state index is 5.65. The van der Waals surface area contributed by atoms with Gasteiger partial charge in [0.2, 0.25) is 0 Å². The molecule has 2 aliphatic rings. The summed E-state index contributed by atoms with van der Waals surface area (Å²) in [6, 6.07) is 0. The second kappa shape index (κ2) is 4.01. The molecule has 0 amide bonds. The maximum Gasteiger partial charge on any atom is 0.182 e. The summed E-state index contributed by atoms with van der Waals surface area (Å²) in [5.74, 6) is -0.270. The van der Waals surface area contributed by atoms with Crippen LogP contribution in [-0.4, -0.2) is 43.5 Å². The Morgan fingerprint density at radius 2 is 2.14 bits per heavy atom. The summed E-state index contributed by atoms with van der Waals surface area (Å²) < 4.78 is 11.3. The van der Waals surface area contributed by atoms with E-state index in [9.17, 15) is 0 Å². The quantitative estimate of drug-likeness (QED) is 0.638. The predicted octanol–water partition coefficient (Wildman–Crippen LogP) is 1.40. The molecule has 0 aliphatic carbocycles. The Bertz CT molecular complexity index is 221. The topological polar surface area (TPSA) is 21.7 Å². The molecule has 2 heterocycles.